The number of unbranched alkanes of at least 4 members (excludes halogenated alkanes) is 24. The third-order valence-electron chi connectivity index (χ3n) is 12.8. The molecule has 74 heavy (non-hydrogen) atoms. The molecule has 0 aromatic heterocycles. The lowest BCUT2D eigenvalue weighted by atomic mass is 10.0. The van der Waals surface area contributed by atoms with E-state index in [9.17, 15) is 38.7 Å². The van der Waals surface area contributed by atoms with Gasteiger partial charge in [-0.2, -0.15) is 0 Å². The topological polar surface area (TPSA) is 233 Å². The molecule has 16 nitrogen and oxygen atoms in total. The Balaban J connectivity index is 2.01. The van der Waals surface area contributed by atoms with E-state index < -0.39 is 73.0 Å². The third-order valence-corrected chi connectivity index (χ3v) is 12.8. The normalized spacial score (nSPS) is 12.2. The van der Waals surface area contributed by atoms with Crippen LogP contribution in [-0.4, -0.2) is 90.0 Å². The Labute approximate surface area is 441 Å². The smallest absolute Gasteiger partial charge is 0.408 e. The molecule has 3 amide bonds. The van der Waals surface area contributed by atoms with E-state index in [2.05, 4.69) is 29.8 Å². The van der Waals surface area contributed by atoms with E-state index in [-0.39, 0.29) is 50.3 Å². The van der Waals surface area contributed by atoms with Gasteiger partial charge in [0.2, 0.25) is 5.91 Å². The van der Waals surface area contributed by atoms with Gasteiger partial charge in [-0.05, 0) is 49.1 Å². The van der Waals surface area contributed by atoms with Crippen LogP contribution in [0, 0.1) is 0 Å². The standard InChI is InChI=1S/C58H91N3O13/c1-3-5-7-9-11-13-15-17-19-21-23-25-30-34-53(64)72-44-49(74-54(65)35-31-26-24-22-20-18-16-14-12-10-8-6-4-2)43-71-45-51(61-58(70)73-42-46-32-28-27-29-33-46)56(67)59-48-38-36-47(37-39-48)55(66)60-50(57(68)69)40-41-52(62)63/h27-29,32-33,36-39,49-51H,3-26,30-31,34-35,40-45H2,1-2H3,(H,59,67)(H,60,66)(H,61,70)(H,62,63)(H,68,69)/t49?,50-,51-/m0/s1. The van der Waals surface area contributed by atoms with Crippen LogP contribution >= 0.6 is 0 Å². The second-order valence-electron chi connectivity index (χ2n) is 19.4. The first kappa shape index (κ1) is 64.6. The summed E-state index contributed by atoms with van der Waals surface area (Å²) in [7, 11) is 0. The van der Waals surface area contributed by atoms with Crippen molar-refractivity contribution in [3.8, 4) is 0 Å². The van der Waals surface area contributed by atoms with Gasteiger partial charge in [-0.3, -0.25) is 24.0 Å². The number of rotatable bonds is 46. The summed E-state index contributed by atoms with van der Waals surface area (Å²) in [6.45, 7) is 3.48. The molecule has 0 spiro atoms. The van der Waals surface area contributed by atoms with Crippen molar-refractivity contribution in [1.82, 2.24) is 10.6 Å². The number of nitrogens with one attached hydrogen (secondary N) is 3. The lowest BCUT2D eigenvalue weighted by Crippen LogP contribution is -2.47. The monoisotopic (exact) mass is 1040 g/mol. The Morgan fingerprint density at radius 3 is 1.47 bits per heavy atom. The van der Waals surface area contributed by atoms with E-state index in [1.807, 2.05) is 6.07 Å². The zero-order valence-electron chi connectivity index (χ0n) is 44.9. The Morgan fingerprint density at radius 1 is 0.500 bits per heavy atom. The molecule has 1 unspecified atom stereocenters. The quantitative estimate of drug-likeness (QED) is 0.0236. The van der Waals surface area contributed by atoms with Gasteiger partial charge in [-0.15, -0.1) is 0 Å². The van der Waals surface area contributed by atoms with Crippen molar-refractivity contribution in [1.29, 1.82) is 0 Å². The van der Waals surface area contributed by atoms with Crippen LogP contribution in [0.1, 0.15) is 222 Å². The molecule has 2 aromatic carbocycles. The van der Waals surface area contributed by atoms with Crippen molar-refractivity contribution in [2.24, 2.45) is 0 Å². The molecular formula is C58H91N3O13. The number of benzene rings is 2. The first-order valence-corrected chi connectivity index (χ1v) is 28.0. The van der Waals surface area contributed by atoms with Crippen LogP contribution in [0.15, 0.2) is 54.6 Å². The van der Waals surface area contributed by atoms with E-state index >= 15 is 0 Å². The number of ether oxygens (including phenoxy) is 4. The van der Waals surface area contributed by atoms with Crippen LogP contribution in [-0.2, 0) is 49.5 Å². The van der Waals surface area contributed by atoms with Gasteiger partial charge in [0.25, 0.3) is 5.91 Å². The van der Waals surface area contributed by atoms with E-state index in [0.29, 0.717) is 18.4 Å². The molecule has 2 aromatic rings. The van der Waals surface area contributed by atoms with Crippen molar-refractivity contribution in [3.05, 3.63) is 65.7 Å². The highest BCUT2D eigenvalue weighted by Crippen LogP contribution is 2.17. The lowest BCUT2D eigenvalue weighted by molar-refractivity contribution is -0.163. The van der Waals surface area contributed by atoms with Gasteiger partial charge in [-0.1, -0.05) is 198 Å². The number of anilines is 1. The maximum Gasteiger partial charge on any atom is 0.408 e. The number of alkyl carbamates (subject to hydrolysis) is 1. The second-order valence-corrected chi connectivity index (χ2v) is 19.4. The minimum Gasteiger partial charge on any atom is -0.481 e. The van der Waals surface area contributed by atoms with Gasteiger partial charge in [0.1, 0.15) is 25.3 Å². The minimum atomic E-state index is -1.43. The maximum atomic E-state index is 13.7. The molecule has 0 aliphatic carbocycles. The predicted octanol–water partition coefficient (Wildman–Crippen LogP) is 12.4. The summed E-state index contributed by atoms with van der Waals surface area (Å²) in [5.74, 6) is -4.94. The largest absolute Gasteiger partial charge is 0.481 e. The van der Waals surface area contributed by atoms with Gasteiger partial charge >= 0.3 is 30.0 Å². The summed E-state index contributed by atoms with van der Waals surface area (Å²) < 4.78 is 22.7. The molecular weight excluding hydrogens is 947 g/mol. The third kappa shape index (κ3) is 34.1. The number of carboxylic acid groups (broad SMARTS) is 2. The molecule has 2 rings (SSSR count). The van der Waals surface area contributed by atoms with E-state index in [0.717, 1.165) is 38.5 Å². The van der Waals surface area contributed by atoms with E-state index in [4.69, 9.17) is 24.1 Å². The summed E-state index contributed by atoms with van der Waals surface area (Å²) in [4.78, 5) is 88.1. The summed E-state index contributed by atoms with van der Waals surface area (Å²) in [6.07, 6.45) is 28.3. The number of aliphatic carboxylic acids is 2. The van der Waals surface area contributed by atoms with Gasteiger partial charge in [0.15, 0.2) is 6.10 Å². The van der Waals surface area contributed by atoms with Gasteiger partial charge in [0.05, 0.1) is 13.2 Å². The first-order chi connectivity index (χ1) is 35.9. The van der Waals surface area contributed by atoms with Crippen LogP contribution in [0.3, 0.4) is 0 Å². The molecule has 0 radical (unpaired) electrons. The molecule has 0 heterocycles. The number of carbonyl (C=O) groups excluding carboxylic acids is 5. The Morgan fingerprint density at radius 2 is 0.986 bits per heavy atom. The van der Waals surface area contributed by atoms with Crippen molar-refractivity contribution in [2.75, 3.05) is 25.1 Å². The fourth-order valence-corrected chi connectivity index (χ4v) is 8.30. The van der Waals surface area contributed by atoms with E-state index in [1.165, 1.54) is 140 Å². The number of hydrogen-bond donors (Lipinski definition) is 5. The fourth-order valence-electron chi connectivity index (χ4n) is 8.30. The molecule has 0 saturated heterocycles. The molecule has 416 valence electrons. The summed E-state index contributed by atoms with van der Waals surface area (Å²) in [5, 5.41) is 25.9. The molecule has 0 aliphatic heterocycles. The molecule has 5 N–H and O–H groups in total. The van der Waals surface area contributed by atoms with Crippen LogP contribution in [0.25, 0.3) is 0 Å². The molecule has 16 heteroatoms. The van der Waals surface area contributed by atoms with Crippen LogP contribution in [0.5, 0.6) is 0 Å². The van der Waals surface area contributed by atoms with E-state index in [1.54, 1.807) is 24.3 Å². The van der Waals surface area contributed by atoms with Crippen molar-refractivity contribution >= 4 is 47.5 Å². The number of hydrogen-bond acceptors (Lipinski definition) is 11. The molecule has 0 bridgehead atoms. The van der Waals surface area contributed by atoms with Gasteiger partial charge in [-0.25, -0.2) is 9.59 Å². The van der Waals surface area contributed by atoms with Gasteiger partial charge < -0.3 is 45.1 Å². The number of esters is 2. The summed E-state index contributed by atoms with van der Waals surface area (Å²) in [5.41, 5.74) is 0.978. The van der Waals surface area contributed by atoms with Crippen LogP contribution < -0.4 is 16.0 Å². The highest BCUT2D eigenvalue weighted by atomic mass is 16.6. The summed E-state index contributed by atoms with van der Waals surface area (Å²) in [6, 6.07) is 11.6. The van der Waals surface area contributed by atoms with Crippen molar-refractivity contribution in [3.63, 3.8) is 0 Å². The predicted molar refractivity (Wildman–Crippen MR) is 287 cm³/mol. The Hall–Kier alpha value is -5.51. The van der Waals surface area contributed by atoms with Crippen LogP contribution in [0.2, 0.25) is 0 Å². The summed E-state index contributed by atoms with van der Waals surface area (Å²) >= 11 is 0. The molecule has 0 saturated carbocycles. The maximum absolute atomic E-state index is 13.7. The minimum absolute atomic E-state index is 0.0480. The number of carbonyl (C=O) groups is 7. The molecule has 3 atom stereocenters. The average Bonchev–Trinajstić information content (AvgIpc) is 3.38. The SMILES string of the molecule is CCCCCCCCCCCCCCCC(=O)OCC(COC[C@H](NC(=O)OCc1ccccc1)C(=O)Nc1ccc(C(=O)N[C@@H](CCC(=O)O)C(=O)O)cc1)OC(=O)CCCCCCCCCCCCCCC. The molecule has 0 fully saturated rings. The van der Waals surface area contributed by atoms with Crippen LogP contribution in [0.4, 0.5) is 10.5 Å². The zero-order valence-corrected chi connectivity index (χ0v) is 44.9. The first-order valence-electron chi connectivity index (χ1n) is 28.0. The lowest BCUT2D eigenvalue weighted by Gasteiger charge is -2.22. The highest BCUT2D eigenvalue weighted by Gasteiger charge is 2.26. The second kappa shape index (κ2) is 42.8. The zero-order chi connectivity index (χ0) is 53.9. The number of carboxylic acids is 2. The average molecular weight is 1040 g/mol. The molecule has 0 aliphatic rings. The van der Waals surface area contributed by atoms with Gasteiger partial charge in [0, 0.05) is 30.5 Å². The highest BCUT2D eigenvalue weighted by molar-refractivity contribution is 5.99. The Kier molecular flexibility index (Phi) is 37.4. The number of amides is 3. The van der Waals surface area contributed by atoms with Crippen molar-refractivity contribution in [2.45, 2.75) is 231 Å². The Bertz CT molecular complexity index is 1850. The fraction of sp³-hybridized carbons (Fsp3) is 0.672. The van der Waals surface area contributed by atoms with Crippen molar-refractivity contribution < 1.29 is 62.7 Å².